The monoisotopic (exact) mass is 338 g/mol. The summed E-state index contributed by atoms with van der Waals surface area (Å²) in [6.45, 7) is 1.43. The number of para-hydroxylation sites is 1. The van der Waals surface area contributed by atoms with Crippen molar-refractivity contribution in [3.63, 3.8) is 0 Å². The number of hydrogen-bond donors (Lipinski definition) is 2. The van der Waals surface area contributed by atoms with E-state index in [-0.39, 0.29) is 16.6 Å². The quantitative estimate of drug-likeness (QED) is 0.628. The van der Waals surface area contributed by atoms with E-state index in [0.717, 1.165) is 6.07 Å². The SMILES string of the molecule is CC(=O)c1cccc(NC(=S)Nc2ccccc2C(F)(F)F)c1. The lowest BCUT2D eigenvalue weighted by molar-refractivity contribution is -0.136. The van der Waals surface area contributed by atoms with E-state index in [1.54, 1.807) is 24.3 Å². The summed E-state index contributed by atoms with van der Waals surface area (Å²) in [7, 11) is 0. The zero-order valence-electron chi connectivity index (χ0n) is 12.1. The highest BCUT2D eigenvalue weighted by Crippen LogP contribution is 2.34. The fourth-order valence-electron chi connectivity index (χ4n) is 1.94. The lowest BCUT2D eigenvalue weighted by Crippen LogP contribution is -2.21. The van der Waals surface area contributed by atoms with Crippen LogP contribution in [0.15, 0.2) is 48.5 Å². The highest BCUT2D eigenvalue weighted by molar-refractivity contribution is 7.80. The van der Waals surface area contributed by atoms with Crippen molar-refractivity contribution in [1.82, 2.24) is 0 Å². The third-order valence-electron chi connectivity index (χ3n) is 3.01. The number of anilines is 2. The maximum atomic E-state index is 12.9. The molecule has 0 amide bonds. The van der Waals surface area contributed by atoms with Gasteiger partial charge in [-0.05, 0) is 43.4 Å². The minimum absolute atomic E-state index is 0.00222. The van der Waals surface area contributed by atoms with Crippen molar-refractivity contribution in [3.8, 4) is 0 Å². The first kappa shape index (κ1) is 17.0. The van der Waals surface area contributed by atoms with E-state index in [1.165, 1.54) is 25.1 Å². The van der Waals surface area contributed by atoms with Gasteiger partial charge in [-0.1, -0.05) is 24.3 Å². The molecular weight excluding hydrogens is 325 g/mol. The Kier molecular flexibility index (Phi) is 5.00. The first-order valence-corrected chi connectivity index (χ1v) is 7.03. The van der Waals surface area contributed by atoms with Gasteiger partial charge in [0.25, 0.3) is 0 Å². The number of nitrogens with one attached hydrogen (secondary N) is 2. The maximum absolute atomic E-state index is 12.9. The van der Waals surface area contributed by atoms with Gasteiger partial charge in [0.15, 0.2) is 10.9 Å². The lowest BCUT2D eigenvalue weighted by atomic mass is 10.1. The second-order valence-corrected chi connectivity index (χ2v) is 5.17. The Morgan fingerprint density at radius 1 is 1.04 bits per heavy atom. The van der Waals surface area contributed by atoms with Crippen molar-refractivity contribution < 1.29 is 18.0 Å². The zero-order chi connectivity index (χ0) is 17.0. The molecule has 0 unspecified atom stereocenters. The van der Waals surface area contributed by atoms with E-state index in [0.29, 0.717) is 11.3 Å². The molecule has 2 rings (SSSR count). The third kappa shape index (κ3) is 4.53. The van der Waals surface area contributed by atoms with E-state index in [2.05, 4.69) is 10.6 Å². The smallest absolute Gasteiger partial charge is 0.332 e. The van der Waals surface area contributed by atoms with Gasteiger partial charge in [0.2, 0.25) is 0 Å². The number of ketones is 1. The lowest BCUT2D eigenvalue weighted by Gasteiger charge is -2.16. The Morgan fingerprint density at radius 3 is 2.39 bits per heavy atom. The van der Waals surface area contributed by atoms with Crippen LogP contribution in [0.3, 0.4) is 0 Å². The number of carbonyl (C=O) groups is 1. The first-order chi connectivity index (χ1) is 10.8. The number of hydrogen-bond acceptors (Lipinski definition) is 2. The fourth-order valence-corrected chi connectivity index (χ4v) is 2.17. The second kappa shape index (κ2) is 6.78. The van der Waals surface area contributed by atoms with Crippen molar-refractivity contribution in [2.75, 3.05) is 10.6 Å². The molecule has 2 N–H and O–H groups in total. The van der Waals surface area contributed by atoms with Gasteiger partial charge in [-0.3, -0.25) is 4.79 Å². The molecule has 2 aromatic rings. The predicted octanol–water partition coefficient (Wildman–Crippen LogP) is 4.72. The molecule has 0 fully saturated rings. The van der Waals surface area contributed by atoms with E-state index in [4.69, 9.17) is 12.2 Å². The molecule has 0 atom stereocenters. The topological polar surface area (TPSA) is 41.1 Å². The normalized spacial score (nSPS) is 11.0. The first-order valence-electron chi connectivity index (χ1n) is 6.62. The number of benzene rings is 2. The van der Waals surface area contributed by atoms with Crippen LogP contribution in [0.5, 0.6) is 0 Å². The van der Waals surface area contributed by atoms with Crippen LogP contribution in [0, 0.1) is 0 Å². The Morgan fingerprint density at radius 2 is 1.74 bits per heavy atom. The number of alkyl halides is 3. The van der Waals surface area contributed by atoms with Crippen LogP contribution >= 0.6 is 12.2 Å². The van der Waals surface area contributed by atoms with Crippen LogP contribution in [0.25, 0.3) is 0 Å². The van der Waals surface area contributed by atoms with Crippen LogP contribution in [0.4, 0.5) is 24.5 Å². The zero-order valence-corrected chi connectivity index (χ0v) is 12.9. The Labute approximate surface area is 136 Å². The summed E-state index contributed by atoms with van der Waals surface area (Å²) in [5, 5.41) is 5.30. The van der Waals surface area contributed by atoms with Crippen LogP contribution in [-0.2, 0) is 6.18 Å². The molecular formula is C16H13F3N2OS. The number of Topliss-reactive ketones (excluding diaryl/α,β-unsaturated/α-hetero) is 1. The van der Waals surface area contributed by atoms with Gasteiger partial charge >= 0.3 is 6.18 Å². The molecule has 0 aliphatic heterocycles. The summed E-state index contributed by atoms with van der Waals surface area (Å²) in [6, 6.07) is 11.6. The minimum atomic E-state index is -4.48. The summed E-state index contributed by atoms with van der Waals surface area (Å²) in [5.74, 6) is -0.116. The third-order valence-corrected chi connectivity index (χ3v) is 3.21. The molecule has 0 heterocycles. The summed E-state index contributed by atoms with van der Waals surface area (Å²) >= 11 is 5.03. The molecule has 0 radical (unpaired) electrons. The van der Waals surface area contributed by atoms with Crippen molar-refractivity contribution >= 4 is 34.5 Å². The number of halogens is 3. The highest BCUT2D eigenvalue weighted by Gasteiger charge is 2.33. The van der Waals surface area contributed by atoms with Crippen LogP contribution in [-0.4, -0.2) is 10.9 Å². The Hall–Kier alpha value is -2.41. The van der Waals surface area contributed by atoms with Gasteiger partial charge in [-0.25, -0.2) is 0 Å². The van der Waals surface area contributed by atoms with Crippen molar-refractivity contribution in [2.24, 2.45) is 0 Å². The number of thiocarbonyl (C=S) groups is 1. The molecule has 0 bridgehead atoms. The van der Waals surface area contributed by atoms with E-state index < -0.39 is 11.7 Å². The number of rotatable bonds is 3. The molecule has 0 spiro atoms. The average Bonchev–Trinajstić information content (AvgIpc) is 2.46. The number of carbonyl (C=O) groups excluding carboxylic acids is 1. The van der Waals surface area contributed by atoms with E-state index in [1.807, 2.05) is 0 Å². The van der Waals surface area contributed by atoms with Crippen molar-refractivity contribution in [2.45, 2.75) is 13.1 Å². The maximum Gasteiger partial charge on any atom is 0.418 e. The standard InChI is InChI=1S/C16H13F3N2OS/c1-10(22)11-5-4-6-12(9-11)20-15(23)21-14-8-3-2-7-13(14)16(17,18)19/h2-9H,1H3,(H2,20,21,23). The van der Waals surface area contributed by atoms with Gasteiger partial charge in [-0.2, -0.15) is 13.2 Å². The van der Waals surface area contributed by atoms with Crippen LogP contribution < -0.4 is 10.6 Å². The van der Waals surface area contributed by atoms with Crippen LogP contribution in [0.2, 0.25) is 0 Å². The van der Waals surface area contributed by atoms with Gasteiger partial charge < -0.3 is 10.6 Å². The van der Waals surface area contributed by atoms with Gasteiger partial charge in [0, 0.05) is 11.3 Å². The Balaban J connectivity index is 2.15. The van der Waals surface area contributed by atoms with E-state index in [9.17, 15) is 18.0 Å². The van der Waals surface area contributed by atoms with Gasteiger partial charge in [-0.15, -0.1) is 0 Å². The second-order valence-electron chi connectivity index (χ2n) is 4.76. The molecule has 120 valence electrons. The fraction of sp³-hybridized carbons (Fsp3) is 0.125. The molecule has 2 aromatic carbocycles. The van der Waals surface area contributed by atoms with E-state index >= 15 is 0 Å². The predicted molar refractivity (Wildman–Crippen MR) is 87.7 cm³/mol. The summed E-state index contributed by atoms with van der Waals surface area (Å²) in [5.41, 5.74) is 0.0510. The molecule has 0 saturated heterocycles. The molecule has 0 aliphatic rings. The molecule has 23 heavy (non-hydrogen) atoms. The summed E-state index contributed by atoms with van der Waals surface area (Å²) in [6.07, 6.45) is -4.48. The molecule has 0 saturated carbocycles. The van der Waals surface area contributed by atoms with Gasteiger partial charge in [0.05, 0.1) is 11.3 Å². The van der Waals surface area contributed by atoms with Crippen molar-refractivity contribution in [3.05, 3.63) is 59.7 Å². The highest BCUT2D eigenvalue weighted by atomic mass is 32.1. The summed E-state index contributed by atoms with van der Waals surface area (Å²) in [4.78, 5) is 11.3. The molecule has 3 nitrogen and oxygen atoms in total. The Bertz CT molecular complexity index is 744. The average molecular weight is 338 g/mol. The van der Waals surface area contributed by atoms with Gasteiger partial charge in [0.1, 0.15) is 0 Å². The van der Waals surface area contributed by atoms with Crippen molar-refractivity contribution in [1.29, 1.82) is 0 Å². The summed E-state index contributed by atoms with van der Waals surface area (Å²) < 4.78 is 38.8. The molecule has 0 aliphatic carbocycles. The molecule has 7 heteroatoms. The largest absolute Gasteiger partial charge is 0.418 e. The minimum Gasteiger partial charge on any atom is -0.332 e. The molecule has 0 aromatic heterocycles. The van der Waals surface area contributed by atoms with Crippen LogP contribution in [0.1, 0.15) is 22.8 Å².